The summed E-state index contributed by atoms with van der Waals surface area (Å²) in [6, 6.07) is 5.00. The third-order valence-corrected chi connectivity index (χ3v) is 2.71. The molecule has 5 heteroatoms. The highest BCUT2D eigenvalue weighted by atomic mass is 35.5. The van der Waals surface area contributed by atoms with E-state index in [2.05, 4.69) is 17.6 Å². The van der Waals surface area contributed by atoms with E-state index in [1.54, 1.807) is 18.2 Å². The van der Waals surface area contributed by atoms with Gasteiger partial charge in [-0.3, -0.25) is 4.79 Å². The highest BCUT2D eigenvalue weighted by Crippen LogP contribution is 2.22. The molecule has 0 heterocycles. The Kier molecular flexibility index (Phi) is 6.54. The lowest BCUT2D eigenvalue weighted by Gasteiger charge is -2.09. The zero-order valence-electron chi connectivity index (χ0n) is 10.8. The first kappa shape index (κ1) is 14.8. The molecule has 0 unspecified atom stereocenters. The van der Waals surface area contributed by atoms with Crippen LogP contribution in [-0.4, -0.2) is 32.7 Å². The third kappa shape index (κ3) is 4.55. The third-order valence-electron chi connectivity index (χ3n) is 2.47. The monoisotopic (exact) mass is 270 g/mol. The average molecular weight is 271 g/mol. The summed E-state index contributed by atoms with van der Waals surface area (Å²) in [5.41, 5.74) is 0.466. The SMILES string of the molecule is CCNCCCNC(=O)c1cc(Cl)ccc1OC. The Bertz CT molecular complexity index is 397. The summed E-state index contributed by atoms with van der Waals surface area (Å²) in [6.45, 7) is 4.51. The van der Waals surface area contributed by atoms with Crippen molar-refractivity contribution in [1.29, 1.82) is 0 Å². The largest absolute Gasteiger partial charge is 0.496 e. The fourth-order valence-corrected chi connectivity index (χ4v) is 1.72. The Labute approximate surface area is 113 Å². The molecule has 0 aromatic heterocycles. The van der Waals surface area contributed by atoms with Gasteiger partial charge in [0.2, 0.25) is 0 Å². The summed E-state index contributed by atoms with van der Waals surface area (Å²) in [5, 5.41) is 6.56. The Balaban J connectivity index is 2.52. The van der Waals surface area contributed by atoms with Crippen molar-refractivity contribution < 1.29 is 9.53 Å². The summed E-state index contributed by atoms with van der Waals surface area (Å²) >= 11 is 5.87. The van der Waals surface area contributed by atoms with Crippen molar-refractivity contribution in [3.05, 3.63) is 28.8 Å². The van der Waals surface area contributed by atoms with Gasteiger partial charge in [0.25, 0.3) is 5.91 Å². The van der Waals surface area contributed by atoms with Crippen LogP contribution in [0.5, 0.6) is 5.75 Å². The van der Waals surface area contributed by atoms with Crippen LogP contribution < -0.4 is 15.4 Å². The van der Waals surface area contributed by atoms with Gasteiger partial charge in [-0.05, 0) is 37.7 Å². The molecule has 0 fully saturated rings. The van der Waals surface area contributed by atoms with Gasteiger partial charge in [-0.1, -0.05) is 18.5 Å². The van der Waals surface area contributed by atoms with Gasteiger partial charge in [0.15, 0.2) is 0 Å². The maximum Gasteiger partial charge on any atom is 0.255 e. The highest BCUT2D eigenvalue weighted by Gasteiger charge is 2.11. The number of methoxy groups -OCH3 is 1. The molecule has 0 atom stereocenters. The number of hydrogen-bond acceptors (Lipinski definition) is 3. The predicted molar refractivity (Wildman–Crippen MR) is 73.5 cm³/mol. The Morgan fingerprint density at radius 2 is 2.17 bits per heavy atom. The van der Waals surface area contributed by atoms with Crippen LogP contribution in [0.15, 0.2) is 18.2 Å². The second-order valence-electron chi connectivity index (χ2n) is 3.81. The van der Waals surface area contributed by atoms with Gasteiger partial charge in [0.05, 0.1) is 12.7 Å². The number of amides is 1. The first-order valence-corrected chi connectivity index (χ1v) is 6.39. The van der Waals surface area contributed by atoms with E-state index in [0.29, 0.717) is 22.9 Å². The van der Waals surface area contributed by atoms with Crippen LogP contribution >= 0.6 is 11.6 Å². The molecule has 4 nitrogen and oxygen atoms in total. The van der Waals surface area contributed by atoms with Crippen LogP contribution in [0.25, 0.3) is 0 Å². The molecule has 100 valence electrons. The van der Waals surface area contributed by atoms with Gasteiger partial charge >= 0.3 is 0 Å². The van der Waals surface area contributed by atoms with Gasteiger partial charge in [-0.2, -0.15) is 0 Å². The predicted octanol–water partition coefficient (Wildman–Crippen LogP) is 2.08. The standard InChI is InChI=1S/C13H19ClN2O2/c1-3-15-7-4-8-16-13(17)11-9-10(14)5-6-12(11)18-2/h5-6,9,15H,3-4,7-8H2,1-2H3,(H,16,17). The van der Waals surface area contributed by atoms with E-state index < -0.39 is 0 Å². The van der Waals surface area contributed by atoms with Crippen molar-refractivity contribution in [2.45, 2.75) is 13.3 Å². The Hall–Kier alpha value is -1.26. The van der Waals surface area contributed by atoms with Crippen LogP contribution in [-0.2, 0) is 0 Å². The van der Waals surface area contributed by atoms with E-state index in [4.69, 9.17) is 16.3 Å². The van der Waals surface area contributed by atoms with Crippen molar-refractivity contribution in [3.63, 3.8) is 0 Å². The van der Waals surface area contributed by atoms with Gasteiger partial charge in [0.1, 0.15) is 5.75 Å². The molecule has 0 aliphatic carbocycles. The number of rotatable bonds is 7. The van der Waals surface area contributed by atoms with Crippen molar-refractivity contribution in [2.75, 3.05) is 26.7 Å². The molecule has 1 aromatic carbocycles. The van der Waals surface area contributed by atoms with E-state index in [-0.39, 0.29) is 5.91 Å². The number of carbonyl (C=O) groups is 1. The number of benzene rings is 1. The molecule has 1 aromatic rings. The quantitative estimate of drug-likeness (QED) is 0.746. The van der Waals surface area contributed by atoms with Crippen LogP contribution in [0.1, 0.15) is 23.7 Å². The Morgan fingerprint density at radius 1 is 1.39 bits per heavy atom. The average Bonchev–Trinajstić information content (AvgIpc) is 2.38. The topological polar surface area (TPSA) is 50.4 Å². The first-order chi connectivity index (χ1) is 8.69. The molecule has 0 saturated heterocycles. The van der Waals surface area contributed by atoms with E-state index in [1.165, 1.54) is 7.11 Å². The molecule has 0 aliphatic heterocycles. The number of ether oxygens (including phenoxy) is 1. The lowest BCUT2D eigenvalue weighted by molar-refractivity contribution is 0.0950. The molecular formula is C13H19ClN2O2. The lowest BCUT2D eigenvalue weighted by Crippen LogP contribution is -2.27. The van der Waals surface area contributed by atoms with Crippen molar-refractivity contribution >= 4 is 17.5 Å². The van der Waals surface area contributed by atoms with Gasteiger partial charge in [-0.15, -0.1) is 0 Å². The fourth-order valence-electron chi connectivity index (χ4n) is 1.54. The molecule has 2 N–H and O–H groups in total. The van der Waals surface area contributed by atoms with E-state index in [1.807, 2.05) is 0 Å². The van der Waals surface area contributed by atoms with Gasteiger partial charge < -0.3 is 15.4 Å². The lowest BCUT2D eigenvalue weighted by atomic mass is 10.2. The summed E-state index contributed by atoms with van der Waals surface area (Å²) in [7, 11) is 1.53. The summed E-state index contributed by atoms with van der Waals surface area (Å²) in [6.07, 6.45) is 0.891. The zero-order chi connectivity index (χ0) is 13.4. The number of carbonyl (C=O) groups excluding carboxylic acids is 1. The summed E-state index contributed by atoms with van der Waals surface area (Å²) < 4.78 is 5.13. The minimum absolute atomic E-state index is 0.161. The molecule has 0 bridgehead atoms. The molecule has 0 saturated carbocycles. The van der Waals surface area contributed by atoms with E-state index in [9.17, 15) is 4.79 Å². The molecular weight excluding hydrogens is 252 g/mol. The zero-order valence-corrected chi connectivity index (χ0v) is 11.5. The Morgan fingerprint density at radius 3 is 2.83 bits per heavy atom. The minimum Gasteiger partial charge on any atom is -0.496 e. The van der Waals surface area contributed by atoms with E-state index in [0.717, 1.165) is 19.5 Å². The van der Waals surface area contributed by atoms with Gasteiger partial charge in [0, 0.05) is 11.6 Å². The summed E-state index contributed by atoms with van der Waals surface area (Å²) in [4.78, 5) is 11.9. The van der Waals surface area contributed by atoms with Crippen molar-refractivity contribution in [1.82, 2.24) is 10.6 Å². The van der Waals surface area contributed by atoms with Crippen LogP contribution in [0, 0.1) is 0 Å². The molecule has 18 heavy (non-hydrogen) atoms. The van der Waals surface area contributed by atoms with Crippen molar-refractivity contribution in [3.8, 4) is 5.75 Å². The number of halogens is 1. The second kappa shape index (κ2) is 7.95. The normalized spacial score (nSPS) is 10.2. The molecule has 0 spiro atoms. The highest BCUT2D eigenvalue weighted by molar-refractivity contribution is 6.31. The van der Waals surface area contributed by atoms with Crippen LogP contribution in [0.2, 0.25) is 5.02 Å². The maximum absolute atomic E-state index is 11.9. The fraction of sp³-hybridized carbons (Fsp3) is 0.462. The smallest absolute Gasteiger partial charge is 0.255 e. The van der Waals surface area contributed by atoms with Gasteiger partial charge in [-0.25, -0.2) is 0 Å². The molecule has 0 radical (unpaired) electrons. The first-order valence-electron chi connectivity index (χ1n) is 6.01. The maximum atomic E-state index is 11.9. The van der Waals surface area contributed by atoms with Crippen LogP contribution in [0.4, 0.5) is 0 Å². The van der Waals surface area contributed by atoms with Crippen molar-refractivity contribution in [2.24, 2.45) is 0 Å². The number of nitrogens with one attached hydrogen (secondary N) is 2. The second-order valence-corrected chi connectivity index (χ2v) is 4.24. The summed E-state index contributed by atoms with van der Waals surface area (Å²) in [5.74, 6) is 0.370. The van der Waals surface area contributed by atoms with Crippen LogP contribution in [0.3, 0.4) is 0 Å². The molecule has 1 amide bonds. The van der Waals surface area contributed by atoms with E-state index >= 15 is 0 Å². The minimum atomic E-state index is -0.161. The molecule has 1 rings (SSSR count). The number of hydrogen-bond donors (Lipinski definition) is 2. The molecule has 0 aliphatic rings.